The number of aliphatic hydroxyl groups excluding tert-OH is 1. The Balaban J connectivity index is 3.72. The van der Waals surface area contributed by atoms with E-state index in [4.69, 9.17) is 21.0 Å². The van der Waals surface area contributed by atoms with Crippen LogP contribution in [0.25, 0.3) is 5.57 Å². The lowest BCUT2D eigenvalue weighted by atomic mass is 9.91. The Morgan fingerprint density at radius 3 is 1.74 bits per heavy atom. The Morgan fingerprint density at radius 1 is 0.913 bits per heavy atom. The minimum atomic E-state index is -0.631. The van der Waals surface area contributed by atoms with Gasteiger partial charge in [-0.05, 0) is 17.7 Å². The first kappa shape index (κ1) is 17.5. The van der Waals surface area contributed by atoms with E-state index in [0.717, 1.165) is 5.69 Å². The Morgan fingerprint density at radius 2 is 1.39 bits per heavy atom. The van der Waals surface area contributed by atoms with Crippen molar-refractivity contribution in [1.29, 1.82) is 21.0 Å². The zero-order valence-corrected chi connectivity index (χ0v) is 12.7. The van der Waals surface area contributed by atoms with Crippen molar-refractivity contribution in [1.82, 2.24) is 0 Å². The zero-order chi connectivity index (χ0) is 17.4. The molecule has 23 heavy (non-hydrogen) atoms. The number of anilines is 1. The highest BCUT2D eigenvalue weighted by Gasteiger charge is 2.18. The molecule has 0 radical (unpaired) electrons. The number of hydrogen-bond acceptors (Lipinski definition) is 6. The van der Waals surface area contributed by atoms with Crippen LogP contribution in [0.1, 0.15) is 5.56 Å². The summed E-state index contributed by atoms with van der Waals surface area (Å²) in [6.07, 6.45) is 0. The van der Waals surface area contributed by atoms with Crippen LogP contribution in [0.4, 0.5) is 5.69 Å². The maximum Gasteiger partial charge on any atom is 0.137 e. The van der Waals surface area contributed by atoms with Crippen LogP contribution >= 0.6 is 0 Å². The first-order valence-electron chi connectivity index (χ1n) is 6.50. The maximum atomic E-state index is 9.55. The van der Waals surface area contributed by atoms with Crippen molar-refractivity contribution in [2.75, 3.05) is 25.6 Å². The Hall–Kier alpha value is -3.58. The van der Waals surface area contributed by atoms with Gasteiger partial charge in [0.05, 0.1) is 6.61 Å². The smallest absolute Gasteiger partial charge is 0.137 e. The number of allylic oxidation sites excluding steroid dienone is 2. The fourth-order valence-corrected chi connectivity index (χ4v) is 1.98. The molecule has 112 valence electrons. The van der Waals surface area contributed by atoms with Crippen molar-refractivity contribution in [2.24, 2.45) is 0 Å². The van der Waals surface area contributed by atoms with Crippen molar-refractivity contribution in [3.63, 3.8) is 0 Å². The predicted octanol–water partition coefficient (Wildman–Crippen LogP) is 1.89. The van der Waals surface area contributed by atoms with Gasteiger partial charge in [0.15, 0.2) is 0 Å². The van der Waals surface area contributed by atoms with Crippen molar-refractivity contribution >= 4 is 11.3 Å². The predicted molar refractivity (Wildman–Crippen MR) is 84.3 cm³/mol. The summed E-state index contributed by atoms with van der Waals surface area (Å²) in [6, 6.07) is 13.7. The molecule has 0 fully saturated rings. The fourth-order valence-electron chi connectivity index (χ4n) is 1.98. The van der Waals surface area contributed by atoms with Crippen molar-refractivity contribution < 1.29 is 5.11 Å². The molecular weight excluding hydrogens is 290 g/mol. The second kappa shape index (κ2) is 8.01. The van der Waals surface area contributed by atoms with Crippen LogP contribution in [0.2, 0.25) is 0 Å². The van der Waals surface area contributed by atoms with E-state index in [9.17, 15) is 5.11 Å². The summed E-state index contributed by atoms with van der Waals surface area (Å²) in [4.78, 5) is 1.88. The molecule has 0 aromatic heterocycles. The number of aliphatic hydroxyl groups is 1. The monoisotopic (exact) mass is 303 g/mol. The van der Waals surface area contributed by atoms with E-state index in [1.165, 1.54) is 0 Å². The third kappa shape index (κ3) is 3.74. The van der Waals surface area contributed by atoms with Crippen LogP contribution in [-0.4, -0.2) is 25.8 Å². The fraction of sp³-hybridized carbons (Fsp3) is 0.176. The zero-order valence-electron chi connectivity index (χ0n) is 12.7. The lowest BCUT2D eigenvalue weighted by Gasteiger charge is -2.15. The van der Waals surface area contributed by atoms with E-state index in [1.54, 1.807) is 48.5 Å². The second-order valence-electron chi connectivity index (χ2n) is 4.65. The molecule has 0 amide bonds. The first-order valence-corrected chi connectivity index (χ1v) is 6.50. The van der Waals surface area contributed by atoms with Crippen molar-refractivity contribution in [3.05, 3.63) is 46.5 Å². The van der Waals surface area contributed by atoms with Gasteiger partial charge in [-0.15, -0.1) is 0 Å². The molecule has 0 aliphatic heterocycles. The van der Waals surface area contributed by atoms with Gasteiger partial charge in [-0.3, -0.25) is 0 Å². The first-order chi connectivity index (χ1) is 11.0. The Labute approximate surface area is 134 Å². The number of hydrogen-bond donors (Lipinski definition) is 1. The molecule has 0 atom stereocenters. The molecule has 1 rings (SSSR count). The molecule has 0 unspecified atom stereocenters. The largest absolute Gasteiger partial charge is 0.392 e. The topological polar surface area (TPSA) is 119 Å². The van der Waals surface area contributed by atoms with Gasteiger partial charge in [0.2, 0.25) is 0 Å². The average Bonchev–Trinajstić information content (AvgIpc) is 2.58. The molecule has 0 bridgehead atoms. The van der Waals surface area contributed by atoms with Crippen molar-refractivity contribution in [2.45, 2.75) is 0 Å². The van der Waals surface area contributed by atoms with Crippen molar-refractivity contribution in [3.8, 4) is 24.3 Å². The maximum absolute atomic E-state index is 9.55. The van der Waals surface area contributed by atoms with Gasteiger partial charge >= 0.3 is 0 Å². The Kier molecular flexibility index (Phi) is 6.08. The molecule has 6 nitrogen and oxygen atoms in total. The van der Waals surface area contributed by atoms with Crippen LogP contribution in [0, 0.1) is 45.3 Å². The highest BCUT2D eigenvalue weighted by molar-refractivity contribution is 5.88. The molecule has 0 aliphatic carbocycles. The van der Waals surface area contributed by atoms with Crippen LogP contribution < -0.4 is 4.90 Å². The van der Waals surface area contributed by atoms with Gasteiger partial charge in [0.1, 0.15) is 35.4 Å². The molecule has 0 saturated heterocycles. The van der Waals surface area contributed by atoms with E-state index in [2.05, 4.69) is 0 Å². The molecule has 1 N–H and O–H groups in total. The van der Waals surface area contributed by atoms with Gasteiger partial charge in [0.25, 0.3) is 0 Å². The third-order valence-electron chi connectivity index (χ3n) is 3.13. The summed E-state index contributed by atoms with van der Waals surface area (Å²) in [5.41, 5.74) is 0.836. The highest BCUT2D eigenvalue weighted by atomic mass is 16.3. The minimum Gasteiger partial charge on any atom is -0.392 e. The van der Waals surface area contributed by atoms with Crippen LogP contribution in [0.15, 0.2) is 41.0 Å². The highest BCUT2D eigenvalue weighted by Crippen LogP contribution is 2.29. The van der Waals surface area contributed by atoms with Gasteiger partial charge in [-0.2, -0.15) is 21.0 Å². The van der Waals surface area contributed by atoms with Crippen LogP contribution in [0.3, 0.4) is 0 Å². The van der Waals surface area contributed by atoms with Gasteiger partial charge in [0, 0.05) is 30.9 Å². The third-order valence-corrected chi connectivity index (χ3v) is 3.13. The molecule has 1 aromatic rings. The summed E-state index contributed by atoms with van der Waals surface area (Å²) in [5, 5.41) is 45.9. The van der Waals surface area contributed by atoms with E-state index in [-0.39, 0.29) is 22.3 Å². The molecule has 0 heterocycles. The number of nitriles is 4. The normalized spacial score (nSPS) is 8.65. The molecular formula is C17H13N5O. The summed E-state index contributed by atoms with van der Waals surface area (Å²) in [7, 11) is 3.73. The van der Waals surface area contributed by atoms with Crippen LogP contribution in [-0.2, 0) is 0 Å². The number of rotatable bonds is 4. The van der Waals surface area contributed by atoms with E-state index in [1.807, 2.05) is 19.0 Å². The van der Waals surface area contributed by atoms with Gasteiger partial charge in [-0.25, -0.2) is 0 Å². The molecule has 0 spiro atoms. The van der Waals surface area contributed by atoms with Gasteiger partial charge in [-0.1, -0.05) is 12.1 Å². The molecule has 1 aromatic carbocycles. The number of benzene rings is 1. The van der Waals surface area contributed by atoms with E-state index in [0.29, 0.717) is 5.56 Å². The quantitative estimate of drug-likeness (QED) is 0.670. The SMILES string of the molecule is CN(C)c1ccc(C(=C(C#N)C#N)C(CO)=C(C#N)C#N)cc1. The van der Waals surface area contributed by atoms with E-state index < -0.39 is 6.61 Å². The molecule has 0 saturated carbocycles. The standard InChI is InChI=1S/C17H13N5O/c1-22(2)15-5-3-12(4-6-15)17(14(9-20)10-21)16(11-23)13(7-18)8-19/h3-6,23H,11H2,1-2H3. The second-order valence-corrected chi connectivity index (χ2v) is 4.65. The summed E-state index contributed by atoms with van der Waals surface area (Å²) in [5.74, 6) is 0. The molecule has 0 aliphatic rings. The molecule has 6 heteroatoms. The van der Waals surface area contributed by atoms with E-state index >= 15 is 0 Å². The lowest BCUT2D eigenvalue weighted by Crippen LogP contribution is -2.08. The summed E-state index contributed by atoms with van der Waals surface area (Å²) >= 11 is 0. The number of nitrogens with zero attached hydrogens (tertiary/aromatic N) is 5. The van der Waals surface area contributed by atoms with Gasteiger partial charge < -0.3 is 10.0 Å². The average molecular weight is 303 g/mol. The summed E-state index contributed by atoms with van der Waals surface area (Å²) in [6.45, 7) is -0.631. The van der Waals surface area contributed by atoms with Crippen LogP contribution in [0.5, 0.6) is 0 Å². The summed E-state index contributed by atoms with van der Waals surface area (Å²) < 4.78 is 0. The minimum absolute atomic E-state index is 0.0364. The Bertz CT molecular complexity index is 786. The lowest BCUT2D eigenvalue weighted by molar-refractivity contribution is 0.335.